The molecule has 21 heavy (non-hydrogen) atoms. The van der Waals surface area contributed by atoms with E-state index in [9.17, 15) is 4.79 Å². The Kier molecular flexibility index (Phi) is 4.03. The summed E-state index contributed by atoms with van der Waals surface area (Å²) in [6.45, 7) is 0. The predicted octanol–water partition coefficient (Wildman–Crippen LogP) is 3.17. The summed E-state index contributed by atoms with van der Waals surface area (Å²) in [6.07, 6.45) is 0. The molecule has 2 aromatic heterocycles. The number of rotatable bonds is 5. The second-order valence-corrected chi connectivity index (χ2v) is 6.03. The van der Waals surface area contributed by atoms with E-state index in [4.69, 9.17) is 5.11 Å². The third kappa shape index (κ3) is 2.98. The van der Waals surface area contributed by atoms with Crippen LogP contribution in [0.2, 0.25) is 0 Å². The van der Waals surface area contributed by atoms with Gasteiger partial charge in [0.1, 0.15) is 0 Å². The van der Waals surface area contributed by atoms with E-state index in [0.717, 1.165) is 28.2 Å². The largest absolute Gasteiger partial charge is 0.481 e. The van der Waals surface area contributed by atoms with Gasteiger partial charge in [-0.25, -0.2) is 0 Å². The first-order chi connectivity index (χ1) is 10.3. The molecule has 0 amide bonds. The summed E-state index contributed by atoms with van der Waals surface area (Å²) in [7, 11) is 0. The van der Waals surface area contributed by atoms with Crippen LogP contribution < -0.4 is 0 Å². The van der Waals surface area contributed by atoms with Crippen LogP contribution in [0.25, 0.3) is 16.4 Å². The minimum atomic E-state index is -0.875. The van der Waals surface area contributed by atoms with Crippen molar-refractivity contribution in [2.75, 3.05) is 5.75 Å². The van der Waals surface area contributed by atoms with Crippen LogP contribution in [0.5, 0.6) is 0 Å². The molecule has 5 nitrogen and oxygen atoms in total. The molecule has 0 bridgehead atoms. The van der Waals surface area contributed by atoms with Crippen LogP contribution in [0.15, 0.2) is 53.0 Å². The summed E-state index contributed by atoms with van der Waals surface area (Å²) in [5.74, 6) is -0.195. The summed E-state index contributed by atoms with van der Waals surface area (Å²) in [4.78, 5) is 11.8. The van der Waals surface area contributed by atoms with Gasteiger partial charge in [0.2, 0.25) is 0 Å². The van der Waals surface area contributed by atoms with E-state index in [2.05, 4.69) is 10.2 Å². The van der Waals surface area contributed by atoms with Gasteiger partial charge < -0.3 is 5.11 Å². The van der Waals surface area contributed by atoms with E-state index in [1.807, 2.05) is 52.4 Å². The second-order valence-electron chi connectivity index (χ2n) is 4.14. The zero-order chi connectivity index (χ0) is 14.7. The van der Waals surface area contributed by atoms with Gasteiger partial charge in [0.15, 0.2) is 11.0 Å². The number of carbonyl (C=O) groups is 1. The summed E-state index contributed by atoms with van der Waals surface area (Å²) in [6, 6.07) is 13.6. The molecule has 0 fully saturated rings. The fraction of sp³-hybridized carbons (Fsp3) is 0.0714. The van der Waals surface area contributed by atoms with Gasteiger partial charge in [0.05, 0.1) is 10.6 Å². The Balaban J connectivity index is 2.08. The number of carboxylic acid groups (broad SMARTS) is 1. The molecule has 0 atom stereocenters. The Morgan fingerprint density at radius 2 is 2.00 bits per heavy atom. The number of carboxylic acids is 1. The lowest BCUT2D eigenvalue weighted by Gasteiger charge is -2.08. The SMILES string of the molecule is O=C(O)CSc1nnc(-c2cccs2)n1-c1ccccc1. The molecule has 0 aliphatic heterocycles. The van der Waals surface area contributed by atoms with Gasteiger partial charge >= 0.3 is 5.97 Å². The normalized spacial score (nSPS) is 10.7. The maximum absolute atomic E-state index is 10.8. The highest BCUT2D eigenvalue weighted by Gasteiger charge is 2.17. The molecule has 106 valence electrons. The molecule has 0 aliphatic carbocycles. The van der Waals surface area contributed by atoms with Crippen LogP contribution in [0.3, 0.4) is 0 Å². The molecule has 1 aromatic carbocycles. The minimum absolute atomic E-state index is 0.0462. The quantitative estimate of drug-likeness (QED) is 0.732. The fourth-order valence-corrected chi connectivity index (χ4v) is 3.24. The number of para-hydroxylation sites is 1. The number of hydrogen-bond acceptors (Lipinski definition) is 5. The van der Waals surface area contributed by atoms with Crippen LogP contribution in [0, 0.1) is 0 Å². The Morgan fingerprint density at radius 3 is 2.67 bits per heavy atom. The maximum atomic E-state index is 10.8. The highest BCUT2D eigenvalue weighted by molar-refractivity contribution is 7.99. The van der Waals surface area contributed by atoms with Crippen molar-refractivity contribution in [1.82, 2.24) is 14.8 Å². The lowest BCUT2D eigenvalue weighted by molar-refractivity contribution is -0.133. The second kappa shape index (κ2) is 6.11. The number of thiophene rings is 1. The third-order valence-electron chi connectivity index (χ3n) is 2.71. The van der Waals surface area contributed by atoms with E-state index in [1.165, 1.54) is 0 Å². The van der Waals surface area contributed by atoms with Crippen LogP contribution in [-0.4, -0.2) is 31.6 Å². The third-order valence-corrected chi connectivity index (χ3v) is 4.49. The number of hydrogen-bond donors (Lipinski definition) is 1. The van der Waals surface area contributed by atoms with Crippen molar-refractivity contribution in [2.45, 2.75) is 5.16 Å². The Labute approximate surface area is 129 Å². The number of aromatic nitrogens is 3. The average Bonchev–Trinajstić information content (AvgIpc) is 3.15. The van der Waals surface area contributed by atoms with Gasteiger partial charge in [-0.15, -0.1) is 21.5 Å². The van der Waals surface area contributed by atoms with Crippen LogP contribution in [-0.2, 0) is 4.79 Å². The number of benzene rings is 1. The summed E-state index contributed by atoms with van der Waals surface area (Å²) in [5, 5.41) is 19.8. The molecule has 0 saturated heterocycles. The van der Waals surface area contributed by atoms with Crippen molar-refractivity contribution in [3.8, 4) is 16.4 Å². The Hall–Kier alpha value is -2.12. The van der Waals surface area contributed by atoms with Gasteiger partial charge in [0, 0.05) is 5.69 Å². The van der Waals surface area contributed by atoms with Crippen LogP contribution in [0.4, 0.5) is 0 Å². The molecule has 1 N–H and O–H groups in total. The standard InChI is InChI=1S/C14H11N3O2S2/c18-12(19)9-21-14-16-15-13(11-7-4-8-20-11)17(14)10-5-2-1-3-6-10/h1-8H,9H2,(H,18,19). The average molecular weight is 317 g/mol. The van der Waals surface area contributed by atoms with Crippen molar-refractivity contribution in [2.24, 2.45) is 0 Å². The first-order valence-electron chi connectivity index (χ1n) is 6.15. The fourth-order valence-electron chi connectivity index (χ4n) is 1.86. The number of aliphatic carboxylic acids is 1. The first kappa shape index (κ1) is 13.8. The lowest BCUT2D eigenvalue weighted by atomic mass is 10.3. The number of thioether (sulfide) groups is 1. The van der Waals surface area contributed by atoms with E-state index in [1.54, 1.807) is 11.3 Å². The lowest BCUT2D eigenvalue weighted by Crippen LogP contribution is -2.02. The van der Waals surface area contributed by atoms with Crippen molar-refractivity contribution < 1.29 is 9.90 Å². The topological polar surface area (TPSA) is 68.0 Å². The predicted molar refractivity (Wildman–Crippen MR) is 83.0 cm³/mol. The van der Waals surface area contributed by atoms with Crippen molar-refractivity contribution in [3.05, 3.63) is 47.8 Å². The van der Waals surface area contributed by atoms with Crippen molar-refractivity contribution in [3.63, 3.8) is 0 Å². The molecule has 0 saturated carbocycles. The van der Waals surface area contributed by atoms with Crippen molar-refractivity contribution in [1.29, 1.82) is 0 Å². The zero-order valence-corrected chi connectivity index (χ0v) is 12.5. The highest BCUT2D eigenvalue weighted by Crippen LogP contribution is 2.30. The molecule has 7 heteroatoms. The van der Waals surface area contributed by atoms with E-state index in [0.29, 0.717) is 5.16 Å². The van der Waals surface area contributed by atoms with Crippen LogP contribution in [0.1, 0.15) is 0 Å². The Morgan fingerprint density at radius 1 is 1.19 bits per heavy atom. The zero-order valence-electron chi connectivity index (χ0n) is 10.8. The first-order valence-corrected chi connectivity index (χ1v) is 8.01. The van der Waals surface area contributed by atoms with E-state index >= 15 is 0 Å². The number of nitrogens with zero attached hydrogens (tertiary/aromatic N) is 3. The van der Waals surface area contributed by atoms with Crippen molar-refractivity contribution >= 4 is 29.1 Å². The molecule has 2 heterocycles. The van der Waals surface area contributed by atoms with Gasteiger partial charge in [0.25, 0.3) is 0 Å². The smallest absolute Gasteiger partial charge is 0.313 e. The summed E-state index contributed by atoms with van der Waals surface area (Å²) in [5.41, 5.74) is 0.916. The Bertz CT molecular complexity index is 739. The summed E-state index contributed by atoms with van der Waals surface area (Å²) >= 11 is 2.74. The molecule has 0 unspecified atom stereocenters. The molecule has 0 radical (unpaired) electrons. The summed E-state index contributed by atoms with van der Waals surface area (Å²) < 4.78 is 1.89. The van der Waals surface area contributed by atoms with E-state index < -0.39 is 5.97 Å². The van der Waals surface area contributed by atoms with Gasteiger partial charge in [-0.1, -0.05) is 36.0 Å². The molecule has 3 rings (SSSR count). The van der Waals surface area contributed by atoms with Gasteiger partial charge in [-0.2, -0.15) is 0 Å². The molecule has 3 aromatic rings. The molecular formula is C14H11N3O2S2. The van der Waals surface area contributed by atoms with Gasteiger partial charge in [-0.3, -0.25) is 9.36 Å². The highest BCUT2D eigenvalue weighted by atomic mass is 32.2. The minimum Gasteiger partial charge on any atom is -0.481 e. The van der Waals surface area contributed by atoms with Crippen LogP contribution >= 0.6 is 23.1 Å². The molecule has 0 spiro atoms. The monoisotopic (exact) mass is 317 g/mol. The molecule has 0 aliphatic rings. The molecular weight excluding hydrogens is 306 g/mol. The van der Waals surface area contributed by atoms with Gasteiger partial charge in [-0.05, 0) is 23.6 Å². The maximum Gasteiger partial charge on any atom is 0.313 e. The van der Waals surface area contributed by atoms with E-state index in [-0.39, 0.29) is 5.75 Å².